The minimum Gasteiger partial charge on any atom is -0.456 e. The maximum absolute atomic E-state index is 13.5. The van der Waals surface area contributed by atoms with Gasteiger partial charge in [-0.2, -0.15) is 5.10 Å². The van der Waals surface area contributed by atoms with E-state index in [2.05, 4.69) is 25.7 Å². The van der Waals surface area contributed by atoms with Crippen molar-refractivity contribution in [2.75, 3.05) is 5.32 Å². The summed E-state index contributed by atoms with van der Waals surface area (Å²) >= 11 is 0. The Hall–Kier alpha value is -3.82. The predicted molar refractivity (Wildman–Crippen MR) is 110 cm³/mol. The first kappa shape index (κ1) is 20.5. The van der Waals surface area contributed by atoms with Crippen LogP contribution >= 0.6 is 0 Å². The SMILES string of the molecule is Cn1cc(-c2cc(Oc3ccc(NC(=O)NC(=O)C4CC(C)(F)C4)nc3)ccn2)cn1. The molecule has 0 bridgehead atoms. The van der Waals surface area contributed by atoms with Crippen molar-refractivity contribution in [3.05, 3.63) is 49.1 Å². The van der Waals surface area contributed by atoms with Crippen LogP contribution in [0.5, 0.6) is 11.5 Å². The molecule has 0 aromatic carbocycles. The molecule has 0 unspecified atom stereocenters. The molecular formula is C21H21FN6O3. The lowest BCUT2D eigenvalue weighted by Crippen LogP contribution is -2.48. The van der Waals surface area contributed by atoms with Crippen LogP contribution in [0.4, 0.5) is 15.0 Å². The van der Waals surface area contributed by atoms with Crippen molar-refractivity contribution in [3.63, 3.8) is 0 Å². The summed E-state index contributed by atoms with van der Waals surface area (Å²) in [5.74, 6) is 0.297. The standard InChI is InChI=1S/C21H21FN6O3/c1-21(22)8-13(9-21)19(29)27-20(30)26-18-4-3-16(11-24-18)31-15-5-6-23-17(7-15)14-10-25-28(2)12-14/h3-7,10-13H,8-9H2,1-2H3,(H2,24,26,27,29,30). The minimum absolute atomic E-state index is 0.119. The fourth-order valence-electron chi connectivity index (χ4n) is 3.35. The van der Waals surface area contributed by atoms with Crippen LogP contribution in [0.3, 0.4) is 0 Å². The number of pyridine rings is 2. The maximum Gasteiger partial charge on any atom is 0.327 e. The van der Waals surface area contributed by atoms with E-state index in [1.54, 1.807) is 41.3 Å². The van der Waals surface area contributed by atoms with E-state index in [4.69, 9.17) is 4.74 Å². The van der Waals surface area contributed by atoms with E-state index in [1.807, 2.05) is 13.2 Å². The summed E-state index contributed by atoms with van der Waals surface area (Å²) in [5.41, 5.74) is 0.255. The summed E-state index contributed by atoms with van der Waals surface area (Å²) in [6, 6.07) is 5.97. The Morgan fingerprint density at radius 1 is 1.19 bits per heavy atom. The Bertz CT molecular complexity index is 1100. The van der Waals surface area contributed by atoms with Crippen LogP contribution in [0.15, 0.2) is 49.1 Å². The van der Waals surface area contributed by atoms with E-state index in [-0.39, 0.29) is 18.7 Å². The highest BCUT2D eigenvalue weighted by atomic mass is 19.1. The normalized spacial score (nSPS) is 19.9. The second-order valence-corrected chi connectivity index (χ2v) is 7.72. The van der Waals surface area contributed by atoms with Gasteiger partial charge in [0.25, 0.3) is 0 Å². The predicted octanol–water partition coefficient (Wildman–Crippen LogP) is 3.46. The third-order valence-corrected chi connectivity index (χ3v) is 4.90. The molecule has 9 nitrogen and oxygen atoms in total. The Labute approximate surface area is 177 Å². The molecule has 1 saturated carbocycles. The molecule has 0 atom stereocenters. The fourth-order valence-corrected chi connectivity index (χ4v) is 3.35. The number of amides is 3. The number of nitrogens with zero attached hydrogens (tertiary/aromatic N) is 4. The monoisotopic (exact) mass is 424 g/mol. The second kappa shape index (κ2) is 8.13. The van der Waals surface area contributed by atoms with Crippen LogP contribution in [0.1, 0.15) is 19.8 Å². The number of ether oxygens (including phenoxy) is 1. The number of aromatic nitrogens is 4. The first-order chi connectivity index (χ1) is 14.8. The third-order valence-electron chi connectivity index (χ3n) is 4.90. The molecule has 1 aliphatic carbocycles. The number of carbonyl (C=O) groups excluding carboxylic acids is 2. The van der Waals surface area contributed by atoms with Crippen molar-refractivity contribution in [2.45, 2.75) is 25.4 Å². The van der Waals surface area contributed by atoms with Gasteiger partial charge >= 0.3 is 6.03 Å². The van der Waals surface area contributed by atoms with Crippen LogP contribution in [-0.2, 0) is 11.8 Å². The fraction of sp³-hybridized carbons (Fsp3) is 0.286. The molecule has 0 saturated heterocycles. The van der Waals surface area contributed by atoms with Gasteiger partial charge in [-0.1, -0.05) is 0 Å². The molecule has 0 radical (unpaired) electrons. The molecule has 3 amide bonds. The molecule has 31 heavy (non-hydrogen) atoms. The Morgan fingerprint density at radius 3 is 2.65 bits per heavy atom. The van der Waals surface area contributed by atoms with Crippen LogP contribution < -0.4 is 15.4 Å². The zero-order chi connectivity index (χ0) is 22.0. The van der Waals surface area contributed by atoms with Gasteiger partial charge in [-0.25, -0.2) is 14.2 Å². The summed E-state index contributed by atoms with van der Waals surface area (Å²) in [4.78, 5) is 32.3. The topological polar surface area (TPSA) is 111 Å². The van der Waals surface area contributed by atoms with Crippen LogP contribution in [-0.4, -0.2) is 37.4 Å². The molecular weight excluding hydrogens is 403 g/mol. The zero-order valence-corrected chi connectivity index (χ0v) is 17.0. The Balaban J connectivity index is 1.32. The molecule has 0 spiro atoms. The number of anilines is 1. The maximum atomic E-state index is 13.5. The number of nitrogens with one attached hydrogen (secondary N) is 2. The molecule has 1 fully saturated rings. The van der Waals surface area contributed by atoms with Crippen molar-refractivity contribution in [3.8, 4) is 22.8 Å². The number of hydrogen-bond donors (Lipinski definition) is 2. The highest BCUT2D eigenvalue weighted by molar-refractivity contribution is 6.01. The Morgan fingerprint density at radius 2 is 2.00 bits per heavy atom. The minimum atomic E-state index is -1.33. The van der Waals surface area contributed by atoms with Gasteiger partial charge in [-0.3, -0.25) is 25.1 Å². The van der Waals surface area contributed by atoms with Crippen molar-refractivity contribution < 1.29 is 18.7 Å². The number of halogens is 1. The van der Waals surface area contributed by atoms with Gasteiger partial charge < -0.3 is 4.74 Å². The van der Waals surface area contributed by atoms with Gasteiger partial charge in [-0.05, 0) is 38.0 Å². The van der Waals surface area contributed by atoms with Crippen molar-refractivity contribution >= 4 is 17.8 Å². The van der Waals surface area contributed by atoms with Gasteiger partial charge in [-0.15, -0.1) is 0 Å². The van der Waals surface area contributed by atoms with Gasteiger partial charge in [0.2, 0.25) is 5.91 Å². The molecule has 160 valence electrons. The number of urea groups is 1. The number of alkyl halides is 1. The number of aryl methyl sites for hydroxylation is 1. The lowest BCUT2D eigenvalue weighted by atomic mass is 9.73. The van der Waals surface area contributed by atoms with E-state index < -0.39 is 23.5 Å². The zero-order valence-electron chi connectivity index (χ0n) is 17.0. The summed E-state index contributed by atoms with van der Waals surface area (Å²) in [7, 11) is 1.83. The number of rotatable bonds is 5. The van der Waals surface area contributed by atoms with Crippen LogP contribution in [0.25, 0.3) is 11.3 Å². The lowest BCUT2D eigenvalue weighted by molar-refractivity contribution is -0.131. The highest BCUT2D eigenvalue weighted by Crippen LogP contribution is 2.40. The van der Waals surface area contributed by atoms with E-state index in [0.717, 1.165) is 11.3 Å². The summed E-state index contributed by atoms with van der Waals surface area (Å²) in [5, 5.41) is 8.81. The first-order valence-corrected chi connectivity index (χ1v) is 9.67. The molecule has 0 aliphatic heterocycles. The van der Waals surface area contributed by atoms with E-state index in [9.17, 15) is 14.0 Å². The van der Waals surface area contributed by atoms with Gasteiger partial charge in [0.05, 0.1) is 18.1 Å². The van der Waals surface area contributed by atoms with Crippen LogP contribution in [0, 0.1) is 5.92 Å². The van der Waals surface area contributed by atoms with Crippen LogP contribution in [0.2, 0.25) is 0 Å². The smallest absolute Gasteiger partial charge is 0.327 e. The van der Waals surface area contributed by atoms with Crippen molar-refractivity contribution in [1.29, 1.82) is 0 Å². The Kier molecular flexibility index (Phi) is 5.37. The van der Waals surface area contributed by atoms with Crippen molar-refractivity contribution in [2.24, 2.45) is 13.0 Å². The summed E-state index contributed by atoms with van der Waals surface area (Å²) < 4.78 is 21.0. The van der Waals surface area contributed by atoms with E-state index >= 15 is 0 Å². The second-order valence-electron chi connectivity index (χ2n) is 7.72. The molecule has 3 aromatic rings. The largest absolute Gasteiger partial charge is 0.456 e. The van der Waals surface area contributed by atoms with E-state index in [1.165, 1.54) is 13.1 Å². The average Bonchev–Trinajstić information content (AvgIpc) is 3.14. The van der Waals surface area contributed by atoms with E-state index in [0.29, 0.717) is 11.5 Å². The average molecular weight is 424 g/mol. The molecule has 4 rings (SSSR count). The molecule has 3 heterocycles. The highest BCUT2D eigenvalue weighted by Gasteiger charge is 2.44. The molecule has 1 aliphatic rings. The van der Waals surface area contributed by atoms with Gasteiger partial charge in [0.1, 0.15) is 23.0 Å². The molecule has 3 aromatic heterocycles. The summed E-state index contributed by atoms with van der Waals surface area (Å²) in [6.45, 7) is 1.44. The molecule has 10 heteroatoms. The number of carbonyl (C=O) groups is 2. The lowest BCUT2D eigenvalue weighted by Gasteiger charge is -2.37. The van der Waals surface area contributed by atoms with Gasteiger partial charge in [0, 0.05) is 37.0 Å². The number of imide groups is 1. The van der Waals surface area contributed by atoms with Crippen molar-refractivity contribution in [1.82, 2.24) is 25.1 Å². The first-order valence-electron chi connectivity index (χ1n) is 9.67. The summed E-state index contributed by atoms with van der Waals surface area (Å²) in [6.07, 6.45) is 6.88. The molecule has 2 N–H and O–H groups in total. The quantitative estimate of drug-likeness (QED) is 0.649. The third kappa shape index (κ3) is 5.03. The number of hydrogen-bond acceptors (Lipinski definition) is 6. The van der Waals surface area contributed by atoms with Gasteiger partial charge in [0.15, 0.2) is 0 Å².